The van der Waals surface area contributed by atoms with Gasteiger partial charge in [0.1, 0.15) is 5.69 Å². The maximum absolute atomic E-state index is 11.7. The molecule has 0 saturated carbocycles. The molecule has 1 aromatic heterocycles. The first-order valence-electron chi connectivity index (χ1n) is 5.88. The molecule has 0 spiro atoms. The molecule has 19 heavy (non-hydrogen) atoms. The van der Waals surface area contributed by atoms with Crippen LogP contribution in [0, 0.1) is 6.92 Å². The van der Waals surface area contributed by atoms with E-state index < -0.39 is 0 Å². The molecule has 0 aliphatic carbocycles. The van der Waals surface area contributed by atoms with Gasteiger partial charge in [-0.25, -0.2) is 4.79 Å². The van der Waals surface area contributed by atoms with Gasteiger partial charge in [0.05, 0.1) is 19.2 Å². The molecule has 100 valence electrons. The Hall–Kier alpha value is -2.37. The lowest BCUT2D eigenvalue weighted by Gasteiger charge is -2.10. The van der Waals surface area contributed by atoms with E-state index >= 15 is 0 Å². The minimum absolute atomic E-state index is 0.356. The summed E-state index contributed by atoms with van der Waals surface area (Å²) in [7, 11) is 3.18. The van der Waals surface area contributed by atoms with Gasteiger partial charge in [-0.05, 0) is 19.1 Å². The second-order valence-electron chi connectivity index (χ2n) is 4.28. The molecule has 0 bridgehead atoms. The van der Waals surface area contributed by atoms with Crippen molar-refractivity contribution in [2.45, 2.75) is 13.5 Å². The topological polar surface area (TPSA) is 69.0 Å². The van der Waals surface area contributed by atoms with Crippen LogP contribution in [0.15, 0.2) is 24.4 Å². The predicted molar refractivity (Wildman–Crippen MR) is 70.8 cm³/mol. The molecule has 0 aliphatic rings. The molecule has 6 nitrogen and oxygen atoms in total. The van der Waals surface area contributed by atoms with E-state index in [9.17, 15) is 4.79 Å². The van der Waals surface area contributed by atoms with Crippen LogP contribution in [0.5, 0.6) is 0 Å². The number of carbonyl (C=O) groups excluding carboxylic acids is 1. The standard InChI is InChI=1S/C13H16N4O2/c1-9-4-5-12(11(6-9)13(18)19-3)14-7-10-8-17(2)16-15-10/h4-6,8,14H,7H2,1-3H3. The first-order chi connectivity index (χ1) is 9.10. The lowest BCUT2D eigenvalue weighted by Crippen LogP contribution is -2.08. The van der Waals surface area contributed by atoms with Crippen molar-refractivity contribution in [3.63, 3.8) is 0 Å². The van der Waals surface area contributed by atoms with Crippen LogP contribution in [0.1, 0.15) is 21.6 Å². The maximum atomic E-state index is 11.7. The van der Waals surface area contributed by atoms with Gasteiger partial charge in [0.25, 0.3) is 0 Å². The van der Waals surface area contributed by atoms with E-state index in [1.54, 1.807) is 10.7 Å². The average Bonchev–Trinajstić information content (AvgIpc) is 2.82. The molecule has 0 amide bonds. The second-order valence-corrected chi connectivity index (χ2v) is 4.28. The number of hydrogen-bond acceptors (Lipinski definition) is 5. The van der Waals surface area contributed by atoms with Crippen molar-refractivity contribution in [2.75, 3.05) is 12.4 Å². The minimum Gasteiger partial charge on any atom is -0.465 e. The Morgan fingerprint density at radius 2 is 2.26 bits per heavy atom. The Balaban J connectivity index is 2.17. The highest BCUT2D eigenvalue weighted by molar-refractivity contribution is 5.95. The second kappa shape index (κ2) is 5.51. The van der Waals surface area contributed by atoms with Gasteiger partial charge in [-0.3, -0.25) is 4.68 Å². The molecule has 0 aliphatic heterocycles. The van der Waals surface area contributed by atoms with E-state index in [0.717, 1.165) is 16.9 Å². The first-order valence-corrected chi connectivity index (χ1v) is 5.88. The van der Waals surface area contributed by atoms with Gasteiger partial charge in [-0.2, -0.15) is 0 Å². The van der Waals surface area contributed by atoms with Gasteiger partial charge in [-0.1, -0.05) is 16.8 Å². The van der Waals surface area contributed by atoms with Crippen molar-refractivity contribution in [2.24, 2.45) is 7.05 Å². The van der Waals surface area contributed by atoms with E-state index in [2.05, 4.69) is 15.6 Å². The van der Waals surface area contributed by atoms with Crippen molar-refractivity contribution in [3.05, 3.63) is 41.2 Å². The number of nitrogens with zero attached hydrogens (tertiary/aromatic N) is 3. The van der Waals surface area contributed by atoms with Crippen LogP contribution in [-0.2, 0) is 18.3 Å². The van der Waals surface area contributed by atoms with Crippen LogP contribution in [0.2, 0.25) is 0 Å². The van der Waals surface area contributed by atoms with Gasteiger partial charge in [0.2, 0.25) is 0 Å². The number of hydrogen-bond donors (Lipinski definition) is 1. The van der Waals surface area contributed by atoms with Crippen molar-refractivity contribution in [1.29, 1.82) is 0 Å². The maximum Gasteiger partial charge on any atom is 0.339 e. The quantitative estimate of drug-likeness (QED) is 0.844. The summed E-state index contributed by atoms with van der Waals surface area (Å²) < 4.78 is 6.41. The molecule has 0 radical (unpaired) electrons. The van der Waals surface area contributed by atoms with Gasteiger partial charge in [0.15, 0.2) is 0 Å². The van der Waals surface area contributed by atoms with Crippen molar-refractivity contribution >= 4 is 11.7 Å². The monoisotopic (exact) mass is 260 g/mol. The van der Waals surface area contributed by atoms with E-state index in [0.29, 0.717) is 12.1 Å². The van der Waals surface area contributed by atoms with E-state index in [-0.39, 0.29) is 5.97 Å². The van der Waals surface area contributed by atoms with E-state index in [4.69, 9.17) is 4.74 Å². The Morgan fingerprint density at radius 3 is 2.89 bits per heavy atom. The highest BCUT2D eigenvalue weighted by Crippen LogP contribution is 2.19. The van der Waals surface area contributed by atoms with Crippen LogP contribution in [0.25, 0.3) is 0 Å². The molecule has 0 saturated heterocycles. The average molecular weight is 260 g/mol. The number of rotatable bonds is 4. The normalized spacial score (nSPS) is 10.3. The molecule has 1 N–H and O–H groups in total. The minimum atomic E-state index is -0.356. The molecule has 2 rings (SSSR count). The summed E-state index contributed by atoms with van der Waals surface area (Å²) in [6.07, 6.45) is 1.82. The zero-order valence-corrected chi connectivity index (χ0v) is 11.2. The summed E-state index contributed by atoms with van der Waals surface area (Å²) in [6, 6.07) is 5.59. The highest BCUT2D eigenvalue weighted by Gasteiger charge is 2.12. The summed E-state index contributed by atoms with van der Waals surface area (Å²) in [5.41, 5.74) is 3.05. The number of carbonyl (C=O) groups is 1. The van der Waals surface area contributed by atoms with Crippen LogP contribution in [-0.4, -0.2) is 28.1 Å². The van der Waals surface area contributed by atoms with Gasteiger partial charge < -0.3 is 10.1 Å². The highest BCUT2D eigenvalue weighted by atomic mass is 16.5. The Kier molecular flexibility index (Phi) is 3.79. The van der Waals surface area contributed by atoms with Crippen LogP contribution >= 0.6 is 0 Å². The third-order valence-electron chi connectivity index (χ3n) is 2.69. The molecule has 0 unspecified atom stereocenters. The van der Waals surface area contributed by atoms with E-state index in [1.807, 2.05) is 32.3 Å². The molecule has 1 heterocycles. The number of esters is 1. The van der Waals surface area contributed by atoms with E-state index in [1.165, 1.54) is 7.11 Å². The molecule has 1 aromatic carbocycles. The number of anilines is 1. The fourth-order valence-corrected chi connectivity index (χ4v) is 1.75. The third-order valence-corrected chi connectivity index (χ3v) is 2.69. The van der Waals surface area contributed by atoms with Crippen molar-refractivity contribution in [3.8, 4) is 0 Å². The van der Waals surface area contributed by atoms with Crippen molar-refractivity contribution < 1.29 is 9.53 Å². The fraction of sp³-hybridized carbons (Fsp3) is 0.308. The smallest absolute Gasteiger partial charge is 0.339 e. The summed E-state index contributed by atoms with van der Waals surface area (Å²) in [4.78, 5) is 11.7. The predicted octanol–water partition coefficient (Wildman–Crippen LogP) is 1.52. The number of methoxy groups -OCH3 is 1. The van der Waals surface area contributed by atoms with Crippen LogP contribution in [0.3, 0.4) is 0 Å². The van der Waals surface area contributed by atoms with Gasteiger partial charge >= 0.3 is 5.97 Å². The first kappa shape index (κ1) is 13.1. The number of nitrogens with one attached hydrogen (secondary N) is 1. The number of aryl methyl sites for hydroxylation is 2. The zero-order chi connectivity index (χ0) is 13.8. The Labute approximate surface area is 111 Å². The van der Waals surface area contributed by atoms with Crippen LogP contribution < -0.4 is 5.32 Å². The Bertz CT molecular complexity index is 592. The largest absolute Gasteiger partial charge is 0.465 e. The summed E-state index contributed by atoms with van der Waals surface area (Å²) in [6.45, 7) is 2.43. The molecule has 6 heteroatoms. The lowest BCUT2D eigenvalue weighted by molar-refractivity contribution is 0.0601. The molecule has 2 aromatic rings. The lowest BCUT2D eigenvalue weighted by atomic mass is 10.1. The number of ether oxygens (including phenoxy) is 1. The Morgan fingerprint density at radius 1 is 1.47 bits per heavy atom. The summed E-state index contributed by atoms with van der Waals surface area (Å²) in [5.74, 6) is -0.356. The zero-order valence-electron chi connectivity index (χ0n) is 11.2. The fourth-order valence-electron chi connectivity index (χ4n) is 1.75. The molecular weight excluding hydrogens is 244 g/mol. The SMILES string of the molecule is COC(=O)c1cc(C)ccc1NCc1cn(C)nn1. The third kappa shape index (κ3) is 3.09. The van der Waals surface area contributed by atoms with Crippen molar-refractivity contribution in [1.82, 2.24) is 15.0 Å². The number of aromatic nitrogens is 3. The van der Waals surface area contributed by atoms with Gasteiger partial charge in [-0.15, -0.1) is 5.10 Å². The molecule has 0 atom stereocenters. The summed E-state index contributed by atoms with van der Waals surface area (Å²) in [5, 5.41) is 11.0. The molecule has 0 fully saturated rings. The molecular formula is C13H16N4O2. The van der Waals surface area contributed by atoms with Gasteiger partial charge in [0, 0.05) is 18.9 Å². The number of benzene rings is 1. The van der Waals surface area contributed by atoms with Crippen LogP contribution in [0.4, 0.5) is 5.69 Å². The summed E-state index contributed by atoms with van der Waals surface area (Å²) >= 11 is 0.